The van der Waals surface area contributed by atoms with Gasteiger partial charge in [0.05, 0.1) is 23.0 Å². The molecule has 1 aromatic heterocycles. The number of benzene rings is 2. The predicted molar refractivity (Wildman–Crippen MR) is 108 cm³/mol. The Kier molecular flexibility index (Phi) is 5.72. The lowest BCUT2D eigenvalue weighted by molar-refractivity contribution is 0.199. The van der Waals surface area contributed by atoms with Crippen molar-refractivity contribution in [3.05, 3.63) is 53.3 Å². The van der Waals surface area contributed by atoms with Gasteiger partial charge in [0.15, 0.2) is 11.3 Å². The summed E-state index contributed by atoms with van der Waals surface area (Å²) in [5, 5.41) is 13.8. The van der Waals surface area contributed by atoms with Crippen LogP contribution in [0.2, 0.25) is 0 Å². The van der Waals surface area contributed by atoms with Crippen molar-refractivity contribution in [1.29, 1.82) is 0 Å². The summed E-state index contributed by atoms with van der Waals surface area (Å²) in [5.41, 5.74) is 2.10. The van der Waals surface area contributed by atoms with Gasteiger partial charge in [-0.2, -0.15) is 0 Å². The van der Waals surface area contributed by atoms with E-state index in [2.05, 4.69) is 5.32 Å². The number of furan rings is 1. The quantitative estimate of drug-likeness (QED) is 0.668. The molecule has 0 saturated carbocycles. The van der Waals surface area contributed by atoms with Crippen LogP contribution in [-0.4, -0.2) is 27.2 Å². The summed E-state index contributed by atoms with van der Waals surface area (Å²) in [6.07, 6.45) is 0.00947. The molecular weight excluding hydrogens is 402 g/mol. The minimum Gasteiger partial charge on any atom is -0.493 e. The molecule has 0 saturated heterocycles. The van der Waals surface area contributed by atoms with E-state index in [4.69, 9.17) is 9.15 Å². The smallest absolute Gasteiger partial charge is 0.206 e. The number of sulfone groups is 1. The first-order chi connectivity index (χ1) is 12.9. The van der Waals surface area contributed by atoms with Crippen molar-refractivity contribution in [2.45, 2.75) is 35.8 Å². The Morgan fingerprint density at radius 2 is 2.00 bits per heavy atom. The number of halogens is 1. The fourth-order valence-corrected chi connectivity index (χ4v) is 4.79. The molecule has 1 aliphatic heterocycles. The Labute approximate surface area is 169 Å². The zero-order valence-electron chi connectivity index (χ0n) is 15.6. The number of rotatable bonds is 4. The van der Waals surface area contributed by atoms with E-state index in [0.29, 0.717) is 23.4 Å². The van der Waals surface area contributed by atoms with Gasteiger partial charge in [-0.25, -0.2) is 8.42 Å². The van der Waals surface area contributed by atoms with Gasteiger partial charge in [0.25, 0.3) is 0 Å². The third kappa shape index (κ3) is 3.39. The highest BCUT2D eigenvalue weighted by Gasteiger charge is 2.25. The fraction of sp³-hybridized carbons (Fsp3) is 0.300. The third-order valence-corrected chi connectivity index (χ3v) is 6.66. The summed E-state index contributed by atoms with van der Waals surface area (Å²) in [4.78, 5) is 0.279. The first-order valence-corrected chi connectivity index (χ1v) is 10.3. The van der Waals surface area contributed by atoms with E-state index in [1.807, 2.05) is 0 Å². The molecule has 4 rings (SSSR count). The van der Waals surface area contributed by atoms with Crippen LogP contribution < -0.4 is 10.1 Å². The second kappa shape index (κ2) is 7.75. The van der Waals surface area contributed by atoms with Crippen molar-refractivity contribution < 1.29 is 22.7 Å². The molecule has 1 atom stereocenters. The molecule has 2 aromatic carbocycles. The van der Waals surface area contributed by atoms with Gasteiger partial charge < -0.3 is 19.6 Å². The molecule has 0 radical (unpaired) electrons. The molecule has 150 valence electrons. The Balaban J connectivity index is 0.00000225. The minimum absolute atomic E-state index is 0. The maximum absolute atomic E-state index is 13.2. The van der Waals surface area contributed by atoms with Crippen molar-refractivity contribution >= 4 is 33.2 Å². The zero-order valence-corrected chi connectivity index (χ0v) is 17.2. The van der Waals surface area contributed by atoms with Gasteiger partial charge in [0.1, 0.15) is 5.76 Å². The molecule has 2 N–H and O–H groups in total. The van der Waals surface area contributed by atoms with Crippen LogP contribution >= 0.6 is 12.4 Å². The largest absolute Gasteiger partial charge is 0.493 e. The van der Waals surface area contributed by atoms with Gasteiger partial charge >= 0.3 is 0 Å². The van der Waals surface area contributed by atoms with Gasteiger partial charge in [-0.15, -0.1) is 12.4 Å². The highest BCUT2D eigenvalue weighted by atomic mass is 35.5. The number of fused-ring (bicyclic) bond motifs is 3. The second-order valence-electron chi connectivity index (χ2n) is 6.68. The van der Waals surface area contributed by atoms with E-state index in [1.54, 1.807) is 25.1 Å². The zero-order chi connectivity index (χ0) is 19.2. The van der Waals surface area contributed by atoms with Crippen molar-refractivity contribution in [1.82, 2.24) is 5.32 Å². The molecule has 2 heterocycles. The summed E-state index contributed by atoms with van der Waals surface area (Å²) in [5.74, 6) is 1.26. The lowest BCUT2D eigenvalue weighted by Crippen LogP contribution is -2.22. The maximum Gasteiger partial charge on any atom is 0.206 e. The van der Waals surface area contributed by atoms with Crippen molar-refractivity contribution in [3.63, 3.8) is 0 Å². The van der Waals surface area contributed by atoms with E-state index in [-0.39, 0.29) is 22.2 Å². The number of ether oxygens (including phenoxy) is 1. The van der Waals surface area contributed by atoms with E-state index in [9.17, 15) is 13.5 Å². The topological polar surface area (TPSA) is 88.8 Å². The first-order valence-electron chi connectivity index (χ1n) is 8.78. The number of aliphatic hydroxyl groups excluding tert-OH is 1. The van der Waals surface area contributed by atoms with E-state index >= 15 is 0 Å². The van der Waals surface area contributed by atoms with Crippen molar-refractivity contribution in [3.8, 4) is 5.75 Å². The fourth-order valence-electron chi connectivity index (χ4n) is 3.44. The van der Waals surface area contributed by atoms with Crippen LogP contribution in [0.5, 0.6) is 5.75 Å². The SMILES string of the molecule is COc1cc(S(=O)(=O)c2cccc([C@@H](C)O)c2)cc2c3c(oc12)CCNC3.Cl. The molecule has 6 nitrogen and oxygen atoms in total. The Hall–Kier alpha value is -2.06. The molecule has 3 aromatic rings. The van der Waals surface area contributed by atoms with Gasteiger partial charge in [-0.1, -0.05) is 12.1 Å². The molecule has 0 aliphatic carbocycles. The summed E-state index contributed by atoms with van der Waals surface area (Å²) in [7, 11) is -2.28. The molecular formula is C20H22ClNO5S. The van der Waals surface area contributed by atoms with Gasteiger partial charge in [-0.05, 0) is 30.7 Å². The van der Waals surface area contributed by atoms with Crippen LogP contribution in [0.3, 0.4) is 0 Å². The summed E-state index contributed by atoms with van der Waals surface area (Å²) < 4.78 is 37.8. The van der Waals surface area contributed by atoms with Crippen LogP contribution in [-0.2, 0) is 22.8 Å². The Bertz CT molecular complexity index is 1120. The molecule has 0 fully saturated rings. The highest BCUT2D eigenvalue weighted by molar-refractivity contribution is 7.91. The van der Waals surface area contributed by atoms with Crippen LogP contribution in [0.4, 0.5) is 0 Å². The molecule has 28 heavy (non-hydrogen) atoms. The van der Waals surface area contributed by atoms with E-state index < -0.39 is 15.9 Å². The standard InChI is InChI=1S/C20H21NO5S.ClH/c1-12(22)13-4-3-5-14(8-13)27(23,24)15-9-16-17-11-21-7-6-18(17)26-20(16)19(10-15)25-2;/h3-5,8-10,12,21-22H,6-7,11H2,1-2H3;1H/t12-;/m1./s1. The normalized spacial score (nSPS) is 15.0. The predicted octanol–water partition coefficient (Wildman–Crippen LogP) is 3.40. The Morgan fingerprint density at radius 1 is 1.21 bits per heavy atom. The average molecular weight is 424 g/mol. The minimum atomic E-state index is -3.78. The number of aliphatic hydroxyl groups is 1. The van der Waals surface area contributed by atoms with Gasteiger partial charge in [0, 0.05) is 36.5 Å². The third-order valence-electron chi connectivity index (χ3n) is 4.93. The summed E-state index contributed by atoms with van der Waals surface area (Å²) in [6, 6.07) is 9.51. The summed E-state index contributed by atoms with van der Waals surface area (Å²) >= 11 is 0. The lowest BCUT2D eigenvalue weighted by Gasteiger charge is -2.12. The maximum atomic E-state index is 13.2. The monoisotopic (exact) mass is 423 g/mol. The van der Waals surface area contributed by atoms with Crippen LogP contribution in [0, 0.1) is 0 Å². The molecule has 0 unspecified atom stereocenters. The summed E-state index contributed by atoms with van der Waals surface area (Å²) in [6.45, 7) is 3.06. The van der Waals surface area contributed by atoms with E-state index in [0.717, 1.165) is 29.7 Å². The number of hydrogen-bond acceptors (Lipinski definition) is 6. The van der Waals surface area contributed by atoms with Crippen LogP contribution in [0.25, 0.3) is 11.0 Å². The molecule has 0 amide bonds. The average Bonchev–Trinajstić information content (AvgIpc) is 3.06. The second-order valence-corrected chi connectivity index (χ2v) is 8.63. The highest BCUT2D eigenvalue weighted by Crippen LogP contribution is 2.38. The molecule has 1 aliphatic rings. The van der Waals surface area contributed by atoms with Crippen molar-refractivity contribution in [2.75, 3.05) is 13.7 Å². The van der Waals surface area contributed by atoms with Gasteiger partial charge in [-0.3, -0.25) is 0 Å². The number of methoxy groups -OCH3 is 1. The van der Waals surface area contributed by atoms with Crippen LogP contribution in [0.15, 0.2) is 50.6 Å². The van der Waals surface area contributed by atoms with Crippen LogP contribution in [0.1, 0.15) is 29.9 Å². The Morgan fingerprint density at radius 3 is 2.71 bits per heavy atom. The first kappa shape index (κ1) is 20.7. The number of hydrogen-bond donors (Lipinski definition) is 2. The molecule has 0 spiro atoms. The lowest BCUT2D eigenvalue weighted by atomic mass is 10.1. The molecule has 0 bridgehead atoms. The van der Waals surface area contributed by atoms with Gasteiger partial charge in [0.2, 0.25) is 9.84 Å². The van der Waals surface area contributed by atoms with Crippen molar-refractivity contribution in [2.24, 2.45) is 0 Å². The van der Waals surface area contributed by atoms with E-state index in [1.165, 1.54) is 25.3 Å². The molecule has 8 heteroatoms. The number of nitrogens with one attached hydrogen (secondary N) is 1.